The van der Waals surface area contributed by atoms with E-state index < -0.39 is 0 Å². The zero-order valence-electron chi connectivity index (χ0n) is 14.2. The lowest BCUT2D eigenvalue weighted by Crippen LogP contribution is -2.41. The van der Waals surface area contributed by atoms with Gasteiger partial charge in [0.15, 0.2) is 5.82 Å². The van der Waals surface area contributed by atoms with Crippen LogP contribution in [0.3, 0.4) is 0 Å². The third-order valence-electron chi connectivity index (χ3n) is 4.81. The first-order chi connectivity index (χ1) is 12.1. The topological polar surface area (TPSA) is 84.1 Å². The minimum absolute atomic E-state index is 0.151. The van der Waals surface area contributed by atoms with Gasteiger partial charge in [-0.3, -0.25) is 0 Å². The molecule has 4 N–H and O–H groups in total. The van der Waals surface area contributed by atoms with Crippen molar-refractivity contribution < 1.29 is 5.11 Å². The van der Waals surface area contributed by atoms with E-state index in [0.29, 0.717) is 11.4 Å². The Kier molecular flexibility index (Phi) is 4.11. The van der Waals surface area contributed by atoms with Gasteiger partial charge in [-0.05, 0) is 43.5 Å². The van der Waals surface area contributed by atoms with E-state index >= 15 is 0 Å². The number of aromatic hydroxyl groups is 1. The molecule has 0 amide bonds. The Hall–Kier alpha value is -2.50. The van der Waals surface area contributed by atoms with Gasteiger partial charge in [0.05, 0.1) is 22.8 Å². The molecule has 128 valence electrons. The molecular formula is C20H22N4O. The summed E-state index contributed by atoms with van der Waals surface area (Å²) in [4.78, 5) is 9.55. The average Bonchev–Trinajstić information content (AvgIpc) is 2.61. The summed E-state index contributed by atoms with van der Waals surface area (Å²) < 4.78 is 0. The fourth-order valence-corrected chi connectivity index (χ4v) is 3.42. The van der Waals surface area contributed by atoms with Crippen LogP contribution in [0.5, 0.6) is 5.75 Å². The van der Waals surface area contributed by atoms with Crippen LogP contribution in [-0.2, 0) is 0 Å². The van der Waals surface area contributed by atoms with Gasteiger partial charge >= 0.3 is 0 Å². The van der Waals surface area contributed by atoms with Gasteiger partial charge in [-0.15, -0.1) is 0 Å². The molecule has 1 aliphatic rings. The molecule has 1 aliphatic heterocycles. The van der Waals surface area contributed by atoms with Crippen molar-refractivity contribution in [1.82, 2.24) is 15.3 Å². The van der Waals surface area contributed by atoms with Gasteiger partial charge in [-0.25, -0.2) is 9.97 Å². The number of benzene rings is 2. The average molecular weight is 334 g/mol. The van der Waals surface area contributed by atoms with Crippen LogP contribution in [0.2, 0.25) is 0 Å². The number of aromatic nitrogens is 2. The van der Waals surface area contributed by atoms with Crippen molar-refractivity contribution in [3.8, 4) is 17.1 Å². The summed E-state index contributed by atoms with van der Waals surface area (Å²) in [5.41, 5.74) is 9.71. The summed E-state index contributed by atoms with van der Waals surface area (Å²) >= 11 is 0. The lowest BCUT2D eigenvalue weighted by molar-refractivity contribution is 0.370. The van der Waals surface area contributed by atoms with Crippen LogP contribution in [0.15, 0.2) is 42.5 Å². The van der Waals surface area contributed by atoms with Gasteiger partial charge in [0.25, 0.3) is 0 Å². The highest BCUT2D eigenvalue weighted by Gasteiger charge is 2.23. The Bertz CT molecular complexity index is 917. The number of aryl methyl sites for hydroxylation is 1. The molecule has 2 aromatic carbocycles. The van der Waals surface area contributed by atoms with Gasteiger partial charge < -0.3 is 16.2 Å². The number of hydrogen-bond donors (Lipinski definition) is 3. The molecule has 1 saturated heterocycles. The van der Waals surface area contributed by atoms with Crippen molar-refractivity contribution in [3.63, 3.8) is 0 Å². The highest BCUT2D eigenvalue weighted by atomic mass is 16.3. The van der Waals surface area contributed by atoms with Gasteiger partial charge in [-0.2, -0.15) is 0 Å². The lowest BCUT2D eigenvalue weighted by atomic mass is 9.96. The normalized spacial score (nSPS) is 20.7. The molecule has 1 aromatic heterocycles. The van der Waals surface area contributed by atoms with Crippen LogP contribution in [0.4, 0.5) is 0 Å². The molecule has 1 fully saturated rings. The van der Waals surface area contributed by atoms with Crippen molar-refractivity contribution in [2.45, 2.75) is 31.8 Å². The van der Waals surface area contributed by atoms with E-state index in [9.17, 15) is 5.11 Å². The van der Waals surface area contributed by atoms with E-state index in [1.807, 2.05) is 12.1 Å². The Morgan fingerprint density at radius 1 is 1.12 bits per heavy atom. The number of rotatable bonds is 2. The van der Waals surface area contributed by atoms with E-state index in [-0.39, 0.29) is 17.8 Å². The second-order valence-corrected chi connectivity index (χ2v) is 6.77. The first-order valence-electron chi connectivity index (χ1n) is 8.67. The number of nitrogens with zero attached hydrogens (tertiary/aromatic N) is 2. The van der Waals surface area contributed by atoms with Crippen molar-refractivity contribution in [2.24, 2.45) is 5.73 Å². The molecule has 5 heteroatoms. The van der Waals surface area contributed by atoms with Crippen molar-refractivity contribution in [2.75, 3.05) is 6.54 Å². The summed E-state index contributed by atoms with van der Waals surface area (Å²) in [5, 5.41) is 14.8. The van der Waals surface area contributed by atoms with E-state index in [0.717, 1.165) is 41.5 Å². The quantitative estimate of drug-likeness (QED) is 0.671. The number of piperidine rings is 1. The summed E-state index contributed by atoms with van der Waals surface area (Å²) in [6.07, 6.45) is 1.92. The van der Waals surface area contributed by atoms with E-state index in [1.54, 1.807) is 12.1 Å². The molecule has 2 atom stereocenters. The predicted octanol–water partition coefficient (Wildman–Crippen LogP) is 3.06. The second kappa shape index (κ2) is 6.43. The van der Waals surface area contributed by atoms with Gasteiger partial charge in [0.1, 0.15) is 5.75 Å². The number of phenols is 1. The molecule has 3 aromatic rings. The first kappa shape index (κ1) is 16.0. The number of fused-ring (bicyclic) bond motifs is 1. The summed E-state index contributed by atoms with van der Waals surface area (Å²) in [6, 6.07) is 13.8. The Labute approximate surface area is 146 Å². The van der Waals surface area contributed by atoms with Crippen LogP contribution in [0.25, 0.3) is 22.3 Å². The lowest BCUT2D eigenvalue weighted by Gasteiger charge is -2.28. The highest BCUT2D eigenvalue weighted by molar-refractivity contribution is 5.84. The van der Waals surface area contributed by atoms with Crippen LogP contribution in [0.1, 0.15) is 30.1 Å². The third-order valence-corrected chi connectivity index (χ3v) is 4.81. The smallest absolute Gasteiger partial charge is 0.163 e. The van der Waals surface area contributed by atoms with Crippen LogP contribution < -0.4 is 11.1 Å². The molecule has 5 nitrogen and oxygen atoms in total. The molecule has 25 heavy (non-hydrogen) atoms. The highest BCUT2D eigenvalue weighted by Crippen LogP contribution is 2.32. The largest absolute Gasteiger partial charge is 0.507 e. The van der Waals surface area contributed by atoms with E-state index in [2.05, 4.69) is 30.4 Å². The maximum atomic E-state index is 10.2. The number of hydrogen-bond acceptors (Lipinski definition) is 5. The summed E-state index contributed by atoms with van der Waals surface area (Å²) in [7, 11) is 0. The van der Waals surface area contributed by atoms with Crippen molar-refractivity contribution in [3.05, 3.63) is 53.7 Å². The summed E-state index contributed by atoms with van der Waals surface area (Å²) in [5.74, 6) is 0.752. The SMILES string of the molecule is Cc1ccc2c(C3CCC(N)CN3)nc(-c3ccccc3O)nc2c1. The molecule has 0 aliphatic carbocycles. The zero-order chi connectivity index (χ0) is 17.4. The maximum Gasteiger partial charge on any atom is 0.163 e. The first-order valence-corrected chi connectivity index (χ1v) is 8.67. The monoisotopic (exact) mass is 334 g/mol. The molecule has 4 rings (SSSR count). The number of nitrogens with two attached hydrogens (primary N) is 1. The van der Waals surface area contributed by atoms with Gasteiger partial charge in [0.2, 0.25) is 0 Å². The number of phenolic OH excluding ortho intramolecular Hbond substituents is 1. The third kappa shape index (κ3) is 3.08. The van der Waals surface area contributed by atoms with Crippen molar-refractivity contribution >= 4 is 10.9 Å². The van der Waals surface area contributed by atoms with Crippen LogP contribution >= 0.6 is 0 Å². The molecule has 0 bridgehead atoms. The standard InChI is InChI=1S/C20H22N4O/c1-12-6-8-14-17(10-12)23-20(15-4-2-3-5-18(15)25)24-19(14)16-9-7-13(21)11-22-16/h2-6,8,10,13,16,22,25H,7,9,11,21H2,1H3. The Morgan fingerprint density at radius 3 is 2.72 bits per heavy atom. The minimum atomic E-state index is 0.151. The molecule has 0 spiro atoms. The van der Waals surface area contributed by atoms with Crippen LogP contribution in [-0.4, -0.2) is 27.7 Å². The molecule has 2 unspecified atom stereocenters. The van der Waals surface area contributed by atoms with Crippen LogP contribution in [0, 0.1) is 6.92 Å². The molecule has 2 heterocycles. The molecule has 0 saturated carbocycles. The van der Waals surface area contributed by atoms with Crippen molar-refractivity contribution in [1.29, 1.82) is 0 Å². The maximum absolute atomic E-state index is 10.2. The Morgan fingerprint density at radius 2 is 1.96 bits per heavy atom. The fraction of sp³-hybridized carbons (Fsp3) is 0.300. The number of nitrogens with one attached hydrogen (secondary N) is 1. The summed E-state index contributed by atoms with van der Waals surface area (Å²) in [6.45, 7) is 2.84. The zero-order valence-corrected chi connectivity index (χ0v) is 14.2. The fourth-order valence-electron chi connectivity index (χ4n) is 3.42. The van der Waals surface area contributed by atoms with Gasteiger partial charge in [-0.1, -0.05) is 24.3 Å². The Balaban J connectivity index is 1.89. The number of para-hydroxylation sites is 1. The van der Waals surface area contributed by atoms with Gasteiger partial charge in [0, 0.05) is 18.0 Å². The second-order valence-electron chi connectivity index (χ2n) is 6.77. The van der Waals surface area contributed by atoms with E-state index in [1.165, 1.54) is 0 Å². The predicted molar refractivity (Wildman–Crippen MR) is 99.3 cm³/mol. The molecular weight excluding hydrogens is 312 g/mol. The minimum Gasteiger partial charge on any atom is -0.507 e. The molecule has 0 radical (unpaired) electrons. The van der Waals surface area contributed by atoms with E-state index in [4.69, 9.17) is 15.7 Å².